The molecule has 2 rings (SSSR count). The third-order valence-corrected chi connectivity index (χ3v) is 4.06. The van der Waals surface area contributed by atoms with Gasteiger partial charge in [-0.1, -0.05) is 18.2 Å². The molecular formula is C16H23N3O3. The van der Waals surface area contributed by atoms with E-state index in [9.17, 15) is 14.7 Å². The summed E-state index contributed by atoms with van der Waals surface area (Å²) in [5, 5.41) is 12.2. The van der Waals surface area contributed by atoms with Gasteiger partial charge in [-0.05, 0) is 25.6 Å². The number of likely N-dealkylation sites (N-methyl/N-ethyl adjacent to an activating group) is 1. The number of carbonyl (C=O) groups is 2. The molecule has 1 aliphatic rings. The molecule has 1 aliphatic heterocycles. The topological polar surface area (TPSA) is 72.9 Å². The third kappa shape index (κ3) is 4.29. The predicted octanol–water partition coefficient (Wildman–Crippen LogP) is 1.02. The van der Waals surface area contributed by atoms with Crippen molar-refractivity contribution >= 4 is 17.6 Å². The smallest absolute Gasteiger partial charge is 0.321 e. The van der Waals surface area contributed by atoms with E-state index in [0.29, 0.717) is 13.1 Å². The van der Waals surface area contributed by atoms with Gasteiger partial charge in [-0.15, -0.1) is 0 Å². The number of carboxylic acids is 1. The minimum Gasteiger partial charge on any atom is -0.480 e. The number of hydrogen-bond donors (Lipinski definition) is 2. The highest BCUT2D eigenvalue weighted by Gasteiger charge is 2.30. The van der Waals surface area contributed by atoms with Crippen molar-refractivity contribution in [3.05, 3.63) is 29.8 Å². The summed E-state index contributed by atoms with van der Waals surface area (Å²) in [5.74, 6) is -1.20. The first-order valence-corrected chi connectivity index (χ1v) is 7.48. The standard InChI is InChI=1S/C16H23N3O3/c1-12-5-3-4-6-13(12)17-15(20)11-14(16(21)22)19-9-7-18(2)8-10-19/h3-6,14H,7-11H2,1-2H3,(H,17,20)(H,21,22). The quantitative estimate of drug-likeness (QED) is 0.850. The number of anilines is 1. The number of hydrogen-bond acceptors (Lipinski definition) is 4. The van der Waals surface area contributed by atoms with E-state index in [1.165, 1.54) is 0 Å². The van der Waals surface area contributed by atoms with E-state index in [-0.39, 0.29) is 12.3 Å². The second kappa shape index (κ2) is 7.38. The van der Waals surface area contributed by atoms with Gasteiger partial charge in [0.25, 0.3) is 0 Å². The van der Waals surface area contributed by atoms with Gasteiger partial charge in [-0.2, -0.15) is 0 Å². The molecule has 1 aromatic rings. The van der Waals surface area contributed by atoms with Crippen molar-refractivity contribution in [2.24, 2.45) is 0 Å². The van der Waals surface area contributed by atoms with Crippen LogP contribution in [0.25, 0.3) is 0 Å². The molecular weight excluding hydrogens is 282 g/mol. The van der Waals surface area contributed by atoms with Crippen molar-refractivity contribution < 1.29 is 14.7 Å². The second-order valence-corrected chi connectivity index (χ2v) is 5.76. The summed E-state index contributed by atoms with van der Waals surface area (Å²) in [5.41, 5.74) is 1.69. The zero-order valence-electron chi connectivity index (χ0n) is 13.1. The lowest BCUT2D eigenvalue weighted by atomic mass is 10.1. The molecule has 1 amide bonds. The van der Waals surface area contributed by atoms with Crippen LogP contribution in [0, 0.1) is 6.92 Å². The normalized spacial score (nSPS) is 17.9. The first-order chi connectivity index (χ1) is 10.5. The molecule has 0 radical (unpaired) electrons. The van der Waals surface area contributed by atoms with E-state index < -0.39 is 12.0 Å². The average Bonchev–Trinajstić information content (AvgIpc) is 2.48. The Morgan fingerprint density at radius 1 is 1.23 bits per heavy atom. The molecule has 1 unspecified atom stereocenters. The summed E-state index contributed by atoms with van der Waals surface area (Å²) in [7, 11) is 2.01. The number of rotatable bonds is 5. The summed E-state index contributed by atoms with van der Waals surface area (Å²) in [6.45, 7) is 4.90. The predicted molar refractivity (Wildman–Crippen MR) is 84.9 cm³/mol. The van der Waals surface area contributed by atoms with Crippen LogP contribution >= 0.6 is 0 Å². The maximum atomic E-state index is 12.2. The van der Waals surface area contributed by atoms with E-state index in [1.807, 2.05) is 43.1 Å². The van der Waals surface area contributed by atoms with Crippen LogP contribution in [0.2, 0.25) is 0 Å². The molecule has 22 heavy (non-hydrogen) atoms. The lowest BCUT2D eigenvalue weighted by Gasteiger charge is -2.35. The summed E-state index contributed by atoms with van der Waals surface area (Å²) < 4.78 is 0. The largest absolute Gasteiger partial charge is 0.480 e. The molecule has 6 nitrogen and oxygen atoms in total. The number of amides is 1. The highest BCUT2D eigenvalue weighted by molar-refractivity contribution is 5.94. The minimum absolute atomic E-state index is 0.0343. The lowest BCUT2D eigenvalue weighted by molar-refractivity contribution is -0.145. The van der Waals surface area contributed by atoms with Crippen LogP contribution in [0.1, 0.15) is 12.0 Å². The van der Waals surface area contributed by atoms with Crippen LogP contribution in [0.3, 0.4) is 0 Å². The maximum Gasteiger partial charge on any atom is 0.321 e. The van der Waals surface area contributed by atoms with Crippen molar-refractivity contribution in [3.8, 4) is 0 Å². The molecule has 0 aromatic heterocycles. The molecule has 1 heterocycles. The number of aryl methyl sites for hydroxylation is 1. The van der Waals surface area contributed by atoms with E-state index in [2.05, 4.69) is 10.2 Å². The molecule has 6 heteroatoms. The maximum absolute atomic E-state index is 12.2. The van der Waals surface area contributed by atoms with Gasteiger partial charge < -0.3 is 15.3 Å². The highest BCUT2D eigenvalue weighted by Crippen LogP contribution is 2.15. The Morgan fingerprint density at radius 3 is 2.45 bits per heavy atom. The lowest BCUT2D eigenvalue weighted by Crippen LogP contribution is -2.52. The fraction of sp³-hybridized carbons (Fsp3) is 0.500. The molecule has 120 valence electrons. The van der Waals surface area contributed by atoms with Crippen LogP contribution < -0.4 is 5.32 Å². The van der Waals surface area contributed by atoms with Gasteiger partial charge in [0.1, 0.15) is 6.04 Å². The van der Waals surface area contributed by atoms with Gasteiger partial charge >= 0.3 is 5.97 Å². The summed E-state index contributed by atoms with van der Waals surface area (Å²) in [6.07, 6.45) is -0.0343. The number of nitrogens with one attached hydrogen (secondary N) is 1. The third-order valence-electron chi connectivity index (χ3n) is 4.06. The van der Waals surface area contributed by atoms with Crippen molar-refractivity contribution in [2.45, 2.75) is 19.4 Å². The van der Waals surface area contributed by atoms with Crippen LogP contribution in [-0.2, 0) is 9.59 Å². The molecule has 1 atom stereocenters. The Bertz CT molecular complexity index is 539. The Balaban J connectivity index is 1.97. The number of benzene rings is 1. The zero-order valence-corrected chi connectivity index (χ0v) is 13.1. The van der Waals surface area contributed by atoms with Crippen molar-refractivity contribution in [3.63, 3.8) is 0 Å². The Hall–Kier alpha value is -1.92. The van der Waals surface area contributed by atoms with E-state index in [1.54, 1.807) is 0 Å². The van der Waals surface area contributed by atoms with E-state index in [4.69, 9.17) is 0 Å². The Morgan fingerprint density at radius 2 is 1.86 bits per heavy atom. The van der Waals surface area contributed by atoms with Gasteiger partial charge in [-0.3, -0.25) is 14.5 Å². The second-order valence-electron chi connectivity index (χ2n) is 5.76. The minimum atomic E-state index is -0.940. The van der Waals surface area contributed by atoms with Gasteiger partial charge in [0.2, 0.25) is 5.91 Å². The first-order valence-electron chi connectivity index (χ1n) is 7.48. The van der Waals surface area contributed by atoms with Gasteiger partial charge in [0, 0.05) is 31.9 Å². The Labute approximate surface area is 130 Å². The van der Waals surface area contributed by atoms with Crippen LogP contribution in [0.4, 0.5) is 5.69 Å². The molecule has 0 spiro atoms. The summed E-state index contributed by atoms with van der Waals surface area (Å²) in [4.78, 5) is 27.7. The van der Waals surface area contributed by atoms with E-state index >= 15 is 0 Å². The first kappa shape index (κ1) is 16.5. The number of para-hydroxylation sites is 1. The molecule has 1 saturated heterocycles. The van der Waals surface area contributed by atoms with E-state index in [0.717, 1.165) is 24.3 Å². The monoisotopic (exact) mass is 305 g/mol. The number of piperazine rings is 1. The van der Waals surface area contributed by atoms with Crippen LogP contribution in [0.5, 0.6) is 0 Å². The van der Waals surface area contributed by atoms with Gasteiger partial charge in [0.05, 0.1) is 6.42 Å². The highest BCUT2D eigenvalue weighted by atomic mass is 16.4. The van der Waals surface area contributed by atoms with Crippen molar-refractivity contribution in [1.82, 2.24) is 9.80 Å². The SMILES string of the molecule is Cc1ccccc1NC(=O)CC(C(=O)O)N1CCN(C)CC1. The zero-order chi connectivity index (χ0) is 16.1. The summed E-state index contributed by atoms with van der Waals surface area (Å²) in [6, 6.07) is 6.70. The molecule has 0 bridgehead atoms. The molecule has 0 aliphatic carbocycles. The van der Waals surface area contributed by atoms with Crippen LogP contribution in [-0.4, -0.2) is 66.1 Å². The average molecular weight is 305 g/mol. The van der Waals surface area contributed by atoms with Crippen LogP contribution in [0.15, 0.2) is 24.3 Å². The number of carboxylic acid groups (broad SMARTS) is 1. The number of aliphatic carboxylic acids is 1. The fourth-order valence-corrected chi connectivity index (χ4v) is 2.60. The molecule has 2 N–H and O–H groups in total. The summed E-state index contributed by atoms with van der Waals surface area (Å²) >= 11 is 0. The Kier molecular flexibility index (Phi) is 5.51. The van der Waals surface area contributed by atoms with Gasteiger partial charge in [-0.25, -0.2) is 0 Å². The fourth-order valence-electron chi connectivity index (χ4n) is 2.60. The number of carbonyl (C=O) groups excluding carboxylic acids is 1. The molecule has 0 saturated carbocycles. The van der Waals surface area contributed by atoms with Crippen molar-refractivity contribution in [1.29, 1.82) is 0 Å². The molecule has 1 aromatic carbocycles. The number of nitrogens with zero attached hydrogens (tertiary/aromatic N) is 2. The van der Waals surface area contributed by atoms with Gasteiger partial charge in [0.15, 0.2) is 0 Å². The molecule has 1 fully saturated rings. The van der Waals surface area contributed by atoms with Crippen molar-refractivity contribution in [2.75, 3.05) is 38.5 Å².